The van der Waals surface area contributed by atoms with Crippen LogP contribution in [0.15, 0.2) is 18.2 Å². The van der Waals surface area contributed by atoms with E-state index in [4.69, 9.17) is 9.47 Å². The molecule has 2 aliphatic heterocycles. The third-order valence-electron chi connectivity index (χ3n) is 3.79. The van der Waals surface area contributed by atoms with E-state index in [9.17, 15) is 9.18 Å². The molecule has 2 heterocycles. The van der Waals surface area contributed by atoms with Crippen molar-refractivity contribution in [1.82, 2.24) is 10.6 Å². The Balaban J connectivity index is 0.00000176. The van der Waals surface area contributed by atoms with Gasteiger partial charge in [-0.15, -0.1) is 12.4 Å². The van der Waals surface area contributed by atoms with Crippen LogP contribution in [-0.4, -0.2) is 38.3 Å². The molecule has 122 valence electrons. The molecule has 22 heavy (non-hydrogen) atoms. The molecule has 2 N–H and O–H groups in total. The molecule has 5 nitrogen and oxygen atoms in total. The molecule has 3 rings (SSSR count). The van der Waals surface area contributed by atoms with Crippen molar-refractivity contribution in [3.05, 3.63) is 29.6 Å². The predicted molar refractivity (Wildman–Crippen MR) is 81.9 cm³/mol. The van der Waals surface area contributed by atoms with Crippen molar-refractivity contribution in [3.63, 3.8) is 0 Å². The monoisotopic (exact) mass is 330 g/mol. The number of rotatable bonds is 3. The Morgan fingerprint density at radius 1 is 1.41 bits per heavy atom. The first-order valence-electron chi connectivity index (χ1n) is 7.26. The quantitative estimate of drug-likeness (QED) is 0.883. The largest absolute Gasteiger partial charge is 0.490 e. The number of hydrogen-bond donors (Lipinski definition) is 2. The molecule has 0 spiro atoms. The van der Waals surface area contributed by atoms with E-state index in [1.165, 1.54) is 6.07 Å². The number of carbonyl (C=O) groups excluding carboxylic acids is 1. The van der Waals surface area contributed by atoms with Gasteiger partial charge in [0.05, 0.1) is 25.9 Å². The van der Waals surface area contributed by atoms with Gasteiger partial charge < -0.3 is 20.1 Å². The van der Waals surface area contributed by atoms with Crippen molar-refractivity contribution in [2.45, 2.75) is 24.9 Å². The predicted octanol–water partition coefficient (Wildman–Crippen LogP) is 1.57. The minimum atomic E-state index is -0.381. The maximum Gasteiger partial charge on any atom is 0.222 e. The second kappa shape index (κ2) is 7.76. The molecule has 1 aromatic carbocycles. The lowest BCUT2D eigenvalue weighted by Crippen LogP contribution is -2.45. The van der Waals surface area contributed by atoms with E-state index in [0.717, 1.165) is 6.54 Å². The molecule has 1 amide bonds. The van der Waals surface area contributed by atoms with Crippen molar-refractivity contribution in [2.75, 3.05) is 26.4 Å². The lowest BCUT2D eigenvalue weighted by molar-refractivity contribution is -0.123. The molecular weight excluding hydrogens is 311 g/mol. The van der Waals surface area contributed by atoms with E-state index >= 15 is 0 Å². The van der Waals surface area contributed by atoms with Gasteiger partial charge in [0.1, 0.15) is 0 Å². The van der Waals surface area contributed by atoms with Gasteiger partial charge >= 0.3 is 0 Å². The van der Waals surface area contributed by atoms with Crippen molar-refractivity contribution in [1.29, 1.82) is 0 Å². The highest BCUT2D eigenvalue weighted by Crippen LogP contribution is 2.33. The molecule has 7 heteroatoms. The molecule has 1 fully saturated rings. The average Bonchev–Trinajstić information content (AvgIpc) is 2.49. The van der Waals surface area contributed by atoms with E-state index in [-0.39, 0.29) is 42.0 Å². The zero-order chi connectivity index (χ0) is 14.7. The minimum Gasteiger partial charge on any atom is -0.490 e. The van der Waals surface area contributed by atoms with E-state index in [1.54, 1.807) is 12.1 Å². The molecule has 0 bridgehead atoms. The smallest absolute Gasteiger partial charge is 0.222 e. The number of morpholine rings is 1. The summed E-state index contributed by atoms with van der Waals surface area (Å²) < 4.78 is 24.4. The lowest BCUT2D eigenvalue weighted by Gasteiger charge is -2.28. The number of fused-ring (bicyclic) bond motifs is 1. The molecule has 0 aromatic heterocycles. The van der Waals surface area contributed by atoms with Gasteiger partial charge in [0.15, 0.2) is 11.6 Å². The highest BCUT2D eigenvalue weighted by Gasteiger charge is 2.26. The number of benzene rings is 1. The number of amides is 1. The van der Waals surface area contributed by atoms with Gasteiger partial charge in [-0.25, -0.2) is 4.39 Å². The standard InChI is InChI=1S/C15H19FN2O3.ClH/c16-12-3-1-2-11-13(4-6-21-15(11)12)18-14(19)8-10-9-20-7-5-17-10;/h1-3,10,13,17H,4-9H2,(H,18,19);1H/t10?,13-;/m1./s1. The Morgan fingerprint density at radius 3 is 3.05 bits per heavy atom. The van der Waals surface area contributed by atoms with Crippen molar-refractivity contribution < 1.29 is 18.7 Å². The summed E-state index contributed by atoms with van der Waals surface area (Å²) in [6.45, 7) is 2.41. The molecule has 0 aliphatic carbocycles. The fraction of sp³-hybridized carbons (Fsp3) is 0.533. The zero-order valence-corrected chi connectivity index (χ0v) is 13.0. The van der Waals surface area contributed by atoms with E-state index in [0.29, 0.717) is 38.2 Å². The Bertz CT molecular complexity index is 524. The molecule has 1 aromatic rings. The fourth-order valence-electron chi connectivity index (χ4n) is 2.76. The van der Waals surface area contributed by atoms with E-state index in [1.807, 2.05) is 0 Å². The summed E-state index contributed by atoms with van der Waals surface area (Å²) in [6.07, 6.45) is 1.01. The molecule has 0 saturated carbocycles. The number of nitrogens with one attached hydrogen (secondary N) is 2. The summed E-state index contributed by atoms with van der Waals surface area (Å²) in [5.41, 5.74) is 0.711. The second-order valence-corrected chi connectivity index (χ2v) is 5.35. The second-order valence-electron chi connectivity index (χ2n) is 5.35. The van der Waals surface area contributed by atoms with Gasteiger partial charge in [0.2, 0.25) is 5.91 Å². The van der Waals surface area contributed by atoms with Crippen LogP contribution in [0.5, 0.6) is 5.75 Å². The Kier molecular flexibility index (Phi) is 5.99. The first kappa shape index (κ1) is 17.0. The van der Waals surface area contributed by atoms with Crippen LogP contribution < -0.4 is 15.4 Å². The van der Waals surface area contributed by atoms with Crippen LogP contribution in [-0.2, 0) is 9.53 Å². The van der Waals surface area contributed by atoms with Gasteiger partial charge in [-0.1, -0.05) is 12.1 Å². The summed E-state index contributed by atoms with van der Waals surface area (Å²) in [7, 11) is 0. The molecule has 1 saturated heterocycles. The van der Waals surface area contributed by atoms with Gasteiger partial charge in [-0.2, -0.15) is 0 Å². The summed E-state index contributed by atoms with van der Waals surface area (Å²) in [5.74, 6) is -0.179. The first-order valence-corrected chi connectivity index (χ1v) is 7.26. The summed E-state index contributed by atoms with van der Waals surface area (Å²) in [6, 6.07) is 4.65. The van der Waals surface area contributed by atoms with Crippen molar-refractivity contribution in [3.8, 4) is 5.75 Å². The number of ether oxygens (including phenoxy) is 2. The van der Waals surface area contributed by atoms with Gasteiger partial charge in [0, 0.05) is 31.0 Å². The Labute approximate surface area is 135 Å². The highest BCUT2D eigenvalue weighted by atomic mass is 35.5. The highest BCUT2D eigenvalue weighted by molar-refractivity contribution is 5.85. The van der Waals surface area contributed by atoms with Gasteiger partial charge in [-0.3, -0.25) is 4.79 Å². The van der Waals surface area contributed by atoms with Crippen LogP contribution >= 0.6 is 12.4 Å². The molecular formula is C15H20ClFN2O3. The summed E-state index contributed by atoms with van der Waals surface area (Å²) in [4.78, 5) is 12.1. The maximum atomic E-state index is 13.7. The molecule has 2 atom stereocenters. The van der Waals surface area contributed by atoms with Crippen LogP contribution in [0.2, 0.25) is 0 Å². The third-order valence-corrected chi connectivity index (χ3v) is 3.79. The van der Waals surface area contributed by atoms with Crippen LogP contribution in [0.3, 0.4) is 0 Å². The number of carbonyl (C=O) groups is 1. The summed E-state index contributed by atoms with van der Waals surface area (Å²) >= 11 is 0. The minimum absolute atomic E-state index is 0. The first-order chi connectivity index (χ1) is 10.2. The van der Waals surface area contributed by atoms with Crippen molar-refractivity contribution >= 4 is 18.3 Å². The van der Waals surface area contributed by atoms with Gasteiger partial charge in [-0.05, 0) is 6.07 Å². The number of para-hydroxylation sites is 1. The number of halogens is 2. The SMILES string of the molecule is Cl.O=C(CC1COCCN1)N[C@@H]1CCOc2c(F)cccc21. The van der Waals surface area contributed by atoms with Crippen LogP contribution in [0, 0.1) is 5.82 Å². The number of hydrogen-bond acceptors (Lipinski definition) is 4. The molecule has 0 radical (unpaired) electrons. The van der Waals surface area contributed by atoms with E-state index < -0.39 is 0 Å². The molecule has 1 unspecified atom stereocenters. The zero-order valence-electron chi connectivity index (χ0n) is 12.1. The van der Waals surface area contributed by atoms with E-state index in [2.05, 4.69) is 10.6 Å². The summed E-state index contributed by atoms with van der Waals surface area (Å²) in [5, 5.41) is 6.21. The van der Waals surface area contributed by atoms with Crippen LogP contribution in [0.25, 0.3) is 0 Å². The average molecular weight is 331 g/mol. The maximum absolute atomic E-state index is 13.7. The Hall–Kier alpha value is -1.37. The normalized spacial score (nSPS) is 23.7. The van der Waals surface area contributed by atoms with Gasteiger partial charge in [0.25, 0.3) is 0 Å². The van der Waals surface area contributed by atoms with Crippen LogP contribution in [0.1, 0.15) is 24.4 Å². The topological polar surface area (TPSA) is 59.6 Å². The third kappa shape index (κ3) is 3.88. The lowest BCUT2D eigenvalue weighted by atomic mass is 10.00. The van der Waals surface area contributed by atoms with Crippen molar-refractivity contribution in [2.24, 2.45) is 0 Å². The van der Waals surface area contributed by atoms with Crippen LogP contribution in [0.4, 0.5) is 4.39 Å². The molecule has 2 aliphatic rings. The fourth-order valence-corrected chi connectivity index (χ4v) is 2.76. The Morgan fingerprint density at radius 2 is 2.27 bits per heavy atom.